The number of hydrogen-bond donors (Lipinski definition) is 0. The van der Waals surface area contributed by atoms with Crippen molar-refractivity contribution >= 4 is 0 Å². The largest absolute Gasteiger partial charge is 0.437 e. The summed E-state index contributed by atoms with van der Waals surface area (Å²) >= 11 is 0. The molecular formula is C20H23N5O. The summed E-state index contributed by atoms with van der Waals surface area (Å²) in [7, 11) is 2.04. The molecule has 3 aromatic rings. The summed E-state index contributed by atoms with van der Waals surface area (Å²) in [6.07, 6.45) is 9.40. The van der Waals surface area contributed by atoms with Crippen molar-refractivity contribution < 1.29 is 4.74 Å². The number of ether oxygens (including phenoxy) is 1. The maximum atomic E-state index is 5.99. The first-order valence-electron chi connectivity index (χ1n) is 9.02. The summed E-state index contributed by atoms with van der Waals surface area (Å²) < 4.78 is 8.07. The smallest absolute Gasteiger partial charge is 0.241 e. The molecule has 0 N–H and O–H groups in total. The highest BCUT2D eigenvalue weighted by Crippen LogP contribution is 2.33. The Kier molecular flexibility index (Phi) is 4.93. The van der Waals surface area contributed by atoms with Gasteiger partial charge in [-0.3, -0.25) is 9.88 Å². The van der Waals surface area contributed by atoms with Crippen molar-refractivity contribution in [2.45, 2.75) is 25.3 Å². The average molecular weight is 349 g/mol. The molecule has 4 rings (SSSR count). The van der Waals surface area contributed by atoms with Gasteiger partial charge in [-0.05, 0) is 38.1 Å². The summed E-state index contributed by atoms with van der Waals surface area (Å²) in [6, 6.07) is 9.77. The molecule has 1 aliphatic heterocycles. The van der Waals surface area contributed by atoms with E-state index in [1.165, 1.54) is 0 Å². The minimum Gasteiger partial charge on any atom is -0.437 e. The summed E-state index contributed by atoms with van der Waals surface area (Å²) in [6.45, 7) is 2.95. The van der Waals surface area contributed by atoms with Gasteiger partial charge in [-0.25, -0.2) is 9.97 Å². The zero-order valence-corrected chi connectivity index (χ0v) is 15.0. The number of rotatable bonds is 5. The Morgan fingerprint density at radius 1 is 1.00 bits per heavy atom. The van der Waals surface area contributed by atoms with E-state index in [9.17, 15) is 0 Å². The maximum absolute atomic E-state index is 5.99. The molecule has 6 heteroatoms. The molecule has 1 saturated heterocycles. The highest BCUT2D eigenvalue weighted by atomic mass is 16.5. The molecule has 134 valence electrons. The zero-order valence-electron chi connectivity index (χ0n) is 15.0. The molecule has 3 heterocycles. The van der Waals surface area contributed by atoms with Gasteiger partial charge >= 0.3 is 0 Å². The Balaban J connectivity index is 1.42. The predicted molar refractivity (Wildman–Crippen MR) is 99.0 cm³/mol. The van der Waals surface area contributed by atoms with Gasteiger partial charge in [-0.15, -0.1) is 0 Å². The lowest BCUT2D eigenvalue weighted by molar-refractivity contribution is 0.196. The number of hydrogen-bond acceptors (Lipinski definition) is 5. The molecule has 26 heavy (non-hydrogen) atoms. The number of para-hydroxylation sites is 1. The molecule has 1 fully saturated rings. The minimum atomic E-state index is 0.375. The lowest BCUT2D eigenvalue weighted by atomic mass is 9.93. The Labute approximate surface area is 153 Å². The van der Waals surface area contributed by atoms with E-state index in [2.05, 4.69) is 24.4 Å². The second-order valence-corrected chi connectivity index (χ2v) is 6.67. The van der Waals surface area contributed by atoms with E-state index in [4.69, 9.17) is 4.74 Å². The Morgan fingerprint density at radius 3 is 2.50 bits per heavy atom. The summed E-state index contributed by atoms with van der Waals surface area (Å²) in [5.74, 6) is 2.90. The Bertz CT molecular complexity index is 840. The SMILES string of the molecule is Cn1ccnc1CN1CCC(c2nccnc2Oc2ccccc2)CC1. The average Bonchev–Trinajstić information content (AvgIpc) is 3.08. The molecule has 0 aliphatic carbocycles. The molecule has 0 atom stereocenters. The molecule has 0 radical (unpaired) electrons. The van der Waals surface area contributed by atoms with Gasteiger partial charge in [-0.1, -0.05) is 18.2 Å². The third kappa shape index (κ3) is 3.75. The molecule has 1 aliphatic rings. The van der Waals surface area contributed by atoms with Gasteiger partial charge in [0.2, 0.25) is 5.88 Å². The fourth-order valence-corrected chi connectivity index (χ4v) is 3.41. The second-order valence-electron chi connectivity index (χ2n) is 6.67. The first-order chi connectivity index (χ1) is 12.8. The molecule has 0 amide bonds. The van der Waals surface area contributed by atoms with E-state index in [1.807, 2.05) is 49.8 Å². The molecule has 0 unspecified atom stereocenters. The van der Waals surface area contributed by atoms with E-state index in [-0.39, 0.29) is 0 Å². The fraction of sp³-hybridized carbons (Fsp3) is 0.350. The zero-order chi connectivity index (χ0) is 17.8. The van der Waals surface area contributed by atoms with Crippen LogP contribution >= 0.6 is 0 Å². The number of benzene rings is 1. The lowest BCUT2D eigenvalue weighted by Gasteiger charge is -2.31. The number of imidazole rings is 1. The van der Waals surface area contributed by atoms with Gasteiger partial charge in [0.1, 0.15) is 17.3 Å². The summed E-state index contributed by atoms with van der Waals surface area (Å²) in [5, 5.41) is 0. The van der Waals surface area contributed by atoms with Crippen molar-refractivity contribution in [2.75, 3.05) is 13.1 Å². The summed E-state index contributed by atoms with van der Waals surface area (Å²) in [5.41, 5.74) is 0.966. The Hall–Kier alpha value is -2.73. The van der Waals surface area contributed by atoms with Crippen molar-refractivity contribution in [1.29, 1.82) is 0 Å². The third-order valence-electron chi connectivity index (χ3n) is 4.91. The normalized spacial score (nSPS) is 15.9. The first-order valence-corrected chi connectivity index (χ1v) is 9.02. The fourth-order valence-electron chi connectivity index (χ4n) is 3.41. The molecule has 2 aromatic heterocycles. The van der Waals surface area contributed by atoms with Gasteiger partial charge in [0.25, 0.3) is 0 Å². The van der Waals surface area contributed by atoms with Gasteiger partial charge in [-0.2, -0.15) is 0 Å². The van der Waals surface area contributed by atoms with E-state index in [1.54, 1.807) is 12.4 Å². The van der Waals surface area contributed by atoms with E-state index in [0.717, 1.165) is 49.7 Å². The van der Waals surface area contributed by atoms with Crippen LogP contribution in [0, 0.1) is 0 Å². The number of aromatic nitrogens is 4. The number of nitrogens with zero attached hydrogens (tertiary/aromatic N) is 5. The standard InChI is InChI=1S/C20H23N5O/c1-24-14-11-21-18(24)15-25-12-7-16(8-13-25)19-20(23-10-9-22-19)26-17-5-3-2-4-6-17/h2-6,9-11,14,16H,7-8,12-13,15H2,1H3. The number of piperidine rings is 1. The van der Waals surface area contributed by atoms with Crippen molar-refractivity contribution in [3.8, 4) is 11.6 Å². The van der Waals surface area contributed by atoms with Crippen LogP contribution in [0.25, 0.3) is 0 Å². The van der Waals surface area contributed by atoms with Crippen LogP contribution < -0.4 is 4.74 Å². The first kappa shape index (κ1) is 16.7. The van der Waals surface area contributed by atoms with Crippen molar-refractivity contribution in [3.05, 3.63) is 66.6 Å². The van der Waals surface area contributed by atoms with Crippen LogP contribution in [0.15, 0.2) is 55.1 Å². The van der Waals surface area contributed by atoms with Gasteiger partial charge < -0.3 is 9.30 Å². The van der Waals surface area contributed by atoms with Crippen LogP contribution in [0.1, 0.15) is 30.3 Å². The number of likely N-dealkylation sites (tertiary alicyclic amines) is 1. The van der Waals surface area contributed by atoms with E-state index < -0.39 is 0 Å². The summed E-state index contributed by atoms with van der Waals surface area (Å²) in [4.78, 5) is 15.9. The topological polar surface area (TPSA) is 56.1 Å². The van der Waals surface area contributed by atoms with Gasteiger partial charge in [0.05, 0.1) is 6.54 Å². The lowest BCUT2D eigenvalue weighted by Crippen LogP contribution is -2.33. The molecule has 6 nitrogen and oxygen atoms in total. The number of aryl methyl sites for hydroxylation is 1. The van der Waals surface area contributed by atoms with Crippen LogP contribution in [0.4, 0.5) is 0 Å². The highest BCUT2D eigenvalue weighted by molar-refractivity contribution is 5.30. The van der Waals surface area contributed by atoms with Crippen LogP contribution in [0.2, 0.25) is 0 Å². The van der Waals surface area contributed by atoms with Gasteiger partial charge in [0.15, 0.2) is 0 Å². The maximum Gasteiger partial charge on any atom is 0.241 e. The van der Waals surface area contributed by atoms with Crippen LogP contribution in [-0.4, -0.2) is 37.5 Å². The highest BCUT2D eigenvalue weighted by Gasteiger charge is 2.25. The van der Waals surface area contributed by atoms with Crippen LogP contribution in [-0.2, 0) is 13.6 Å². The van der Waals surface area contributed by atoms with Crippen molar-refractivity contribution in [1.82, 2.24) is 24.4 Å². The monoisotopic (exact) mass is 349 g/mol. The molecule has 1 aromatic carbocycles. The van der Waals surface area contributed by atoms with Gasteiger partial charge in [0, 0.05) is 37.8 Å². The minimum absolute atomic E-state index is 0.375. The molecule has 0 spiro atoms. The van der Waals surface area contributed by atoms with E-state index in [0.29, 0.717) is 11.8 Å². The van der Waals surface area contributed by atoms with Crippen molar-refractivity contribution in [2.24, 2.45) is 7.05 Å². The van der Waals surface area contributed by atoms with E-state index >= 15 is 0 Å². The second kappa shape index (κ2) is 7.66. The van der Waals surface area contributed by atoms with Crippen LogP contribution in [0.5, 0.6) is 11.6 Å². The van der Waals surface area contributed by atoms with Crippen molar-refractivity contribution in [3.63, 3.8) is 0 Å². The molecule has 0 saturated carbocycles. The quantitative estimate of drug-likeness (QED) is 0.707. The molecule has 0 bridgehead atoms. The third-order valence-corrected chi connectivity index (χ3v) is 4.91. The Morgan fingerprint density at radius 2 is 1.77 bits per heavy atom. The van der Waals surface area contributed by atoms with Crippen LogP contribution in [0.3, 0.4) is 0 Å². The molecular weight excluding hydrogens is 326 g/mol. The predicted octanol–water partition coefficient (Wildman–Crippen LogP) is 3.38.